The Morgan fingerprint density at radius 1 is 0.567 bits per heavy atom. The van der Waals surface area contributed by atoms with Crippen molar-refractivity contribution in [2.75, 3.05) is 0 Å². The third-order valence-electron chi connectivity index (χ3n) is 5.98. The fourth-order valence-electron chi connectivity index (χ4n) is 4.18. The van der Waals surface area contributed by atoms with E-state index >= 15 is 0 Å². The fourth-order valence-corrected chi connectivity index (χ4v) is 4.18. The maximum Gasteiger partial charge on any atom is 0.160 e. The molecule has 0 saturated heterocycles. The first-order chi connectivity index (χ1) is 14.9. The Kier molecular flexibility index (Phi) is 9.85. The third-order valence-corrected chi connectivity index (χ3v) is 5.98. The average molecular weight is 403 g/mol. The lowest BCUT2D eigenvalue weighted by Gasteiger charge is -2.09. The Bertz CT molecular complexity index is 857. The maximum atomic E-state index is 4.95. The summed E-state index contributed by atoms with van der Waals surface area (Å²) in [5.41, 5.74) is 3.35. The molecule has 160 valence electrons. The smallest absolute Gasteiger partial charge is 0.160 e. The van der Waals surface area contributed by atoms with Crippen molar-refractivity contribution in [3.63, 3.8) is 0 Å². The van der Waals surface area contributed by atoms with E-state index in [2.05, 4.69) is 55.5 Å². The number of para-hydroxylation sites is 1. The van der Waals surface area contributed by atoms with Gasteiger partial charge in [-0.2, -0.15) is 0 Å². The molecule has 0 radical (unpaired) electrons. The van der Waals surface area contributed by atoms with Crippen molar-refractivity contribution in [1.82, 2.24) is 9.97 Å². The summed E-state index contributed by atoms with van der Waals surface area (Å²) in [5.74, 6) is 0.850. The number of aromatic nitrogens is 2. The zero-order valence-corrected chi connectivity index (χ0v) is 18.8. The van der Waals surface area contributed by atoms with Crippen LogP contribution in [0.25, 0.3) is 22.3 Å². The van der Waals surface area contributed by atoms with Gasteiger partial charge in [-0.3, -0.25) is 0 Å². The van der Waals surface area contributed by atoms with E-state index in [9.17, 15) is 0 Å². The lowest BCUT2D eigenvalue weighted by atomic mass is 10.0. The van der Waals surface area contributed by atoms with Crippen molar-refractivity contribution in [2.24, 2.45) is 0 Å². The molecule has 0 amide bonds. The number of fused-ring (bicyclic) bond motifs is 1. The first-order valence-electron chi connectivity index (χ1n) is 12.2. The highest BCUT2D eigenvalue weighted by molar-refractivity contribution is 5.82. The minimum Gasteiger partial charge on any atom is -0.232 e. The van der Waals surface area contributed by atoms with Gasteiger partial charge in [-0.15, -0.1) is 0 Å². The topological polar surface area (TPSA) is 25.8 Å². The van der Waals surface area contributed by atoms with Crippen LogP contribution in [0.3, 0.4) is 0 Å². The van der Waals surface area contributed by atoms with Gasteiger partial charge in [0.25, 0.3) is 0 Å². The van der Waals surface area contributed by atoms with Crippen LogP contribution in [-0.4, -0.2) is 9.97 Å². The van der Waals surface area contributed by atoms with Crippen LogP contribution in [0, 0.1) is 0 Å². The summed E-state index contributed by atoms with van der Waals surface area (Å²) in [7, 11) is 0. The molecule has 0 N–H and O–H groups in total. The summed E-state index contributed by atoms with van der Waals surface area (Å²) >= 11 is 0. The largest absolute Gasteiger partial charge is 0.232 e. The van der Waals surface area contributed by atoms with Crippen molar-refractivity contribution in [1.29, 1.82) is 0 Å². The van der Waals surface area contributed by atoms with E-state index < -0.39 is 0 Å². The Morgan fingerprint density at radius 2 is 1.13 bits per heavy atom. The summed E-state index contributed by atoms with van der Waals surface area (Å²) in [4.78, 5) is 9.75. The van der Waals surface area contributed by atoms with Crippen LogP contribution in [0.4, 0.5) is 0 Å². The Hall–Kier alpha value is -2.22. The molecule has 0 aliphatic heterocycles. The Labute approximate surface area is 183 Å². The van der Waals surface area contributed by atoms with Gasteiger partial charge in [-0.05, 0) is 18.9 Å². The van der Waals surface area contributed by atoms with Gasteiger partial charge >= 0.3 is 0 Å². The van der Waals surface area contributed by atoms with E-state index in [1.807, 2.05) is 6.07 Å². The number of unbranched alkanes of at least 4 members (excludes halogenated alkanes) is 11. The standard InChI is InChI=1S/C28H38N2/c1-2-3-4-5-6-7-8-9-10-11-12-16-22-26-25-21-17-18-23-27(25)30-28(29-26)24-19-14-13-15-20-24/h13-15,17-21,23H,2-12,16,22H2,1H3. The van der Waals surface area contributed by atoms with Gasteiger partial charge in [-0.25, -0.2) is 9.97 Å². The first kappa shape index (κ1) is 22.5. The molecule has 0 atom stereocenters. The van der Waals surface area contributed by atoms with Gasteiger partial charge in [0.1, 0.15) is 0 Å². The number of hydrogen-bond acceptors (Lipinski definition) is 2. The van der Waals surface area contributed by atoms with Crippen molar-refractivity contribution >= 4 is 10.9 Å². The monoisotopic (exact) mass is 402 g/mol. The normalized spacial score (nSPS) is 11.2. The molecule has 3 rings (SSSR count). The van der Waals surface area contributed by atoms with Crippen LogP contribution < -0.4 is 0 Å². The van der Waals surface area contributed by atoms with Crippen LogP contribution in [0.1, 0.15) is 89.7 Å². The second-order valence-electron chi connectivity index (χ2n) is 8.52. The summed E-state index contributed by atoms with van der Waals surface area (Å²) in [6.45, 7) is 2.29. The van der Waals surface area contributed by atoms with E-state index in [0.29, 0.717) is 0 Å². The third kappa shape index (κ3) is 7.23. The lowest BCUT2D eigenvalue weighted by Crippen LogP contribution is -1.98. The number of aryl methyl sites for hydroxylation is 1. The number of nitrogens with zero attached hydrogens (tertiary/aromatic N) is 2. The molecule has 1 heterocycles. The molecule has 2 heteroatoms. The number of hydrogen-bond donors (Lipinski definition) is 0. The van der Waals surface area contributed by atoms with Gasteiger partial charge < -0.3 is 0 Å². The molecule has 0 aliphatic carbocycles. The highest BCUT2D eigenvalue weighted by Gasteiger charge is 2.09. The molecule has 30 heavy (non-hydrogen) atoms. The summed E-state index contributed by atoms with van der Waals surface area (Å²) in [6.07, 6.45) is 17.6. The predicted molar refractivity (Wildman–Crippen MR) is 130 cm³/mol. The number of rotatable bonds is 14. The minimum atomic E-state index is 0.850. The summed E-state index contributed by atoms with van der Waals surface area (Å²) < 4.78 is 0. The average Bonchev–Trinajstić information content (AvgIpc) is 2.80. The fraction of sp³-hybridized carbons (Fsp3) is 0.500. The first-order valence-corrected chi connectivity index (χ1v) is 12.2. The van der Waals surface area contributed by atoms with Crippen LogP contribution in [0.2, 0.25) is 0 Å². The molecule has 0 unspecified atom stereocenters. The van der Waals surface area contributed by atoms with Crippen LogP contribution in [0.5, 0.6) is 0 Å². The lowest BCUT2D eigenvalue weighted by molar-refractivity contribution is 0.543. The van der Waals surface area contributed by atoms with Gasteiger partial charge in [0, 0.05) is 10.9 Å². The van der Waals surface area contributed by atoms with E-state index in [4.69, 9.17) is 9.97 Å². The molecule has 0 aliphatic rings. The quantitative estimate of drug-likeness (QED) is 0.252. The van der Waals surface area contributed by atoms with E-state index in [1.165, 1.54) is 88.1 Å². The number of benzene rings is 2. The Morgan fingerprint density at radius 3 is 1.80 bits per heavy atom. The Balaban J connectivity index is 1.42. The molecule has 3 aromatic rings. The molecule has 0 bridgehead atoms. The zero-order valence-electron chi connectivity index (χ0n) is 18.8. The summed E-state index contributed by atoms with van der Waals surface area (Å²) in [6, 6.07) is 18.8. The van der Waals surface area contributed by atoms with Gasteiger partial charge in [0.15, 0.2) is 5.82 Å². The zero-order chi connectivity index (χ0) is 20.9. The van der Waals surface area contributed by atoms with E-state index in [1.54, 1.807) is 0 Å². The summed E-state index contributed by atoms with van der Waals surface area (Å²) in [5, 5.41) is 1.21. The van der Waals surface area contributed by atoms with E-state index in [-0.39, 0.29) is 0 Å². The molecule has 0 fully saturated rings. The molecular formula is C28H38N2. The van der Waals surface area contributed by atoms with Crippen molar-refractivity contribution < 1.29 is 0 Å². The van der Waals surface area contributed by atoms with Crippen LogP contribution >= 0.6 is 0 Å². The van der Waals surface area contributed by atoms with Crippen molar-refractivity contribution in [2.45, 2.75) is 90.4 Å². The highest BCUT2D eigenvalue weighted by atomic mass is 14.9. The molecule has 0 saturated carbocycles. The van der Waals surface area contributed by atoms with Gasteiger partial charge in [-0.1, -0.05) is 126 Å². The molecule has 2 nitrogen and oxygen atoms in total. The predicted octanol–water partition coefficient (Wildman–Crippen LogP) is 8.54. The molecular weight excluding hydrogens is 364 g/mol. The minimum absolute atomic E-state index is 0.850. The maximum absolute atomic E-state index is 4.95. The van der Waals surface area contributed by atoms with E-state index in [0.717, 1.165) is 23.3 Å². The van der Waals surface area contributed by atoms with Crippen LogP contribution in [-0.2, 0) is 6.42 Å². The SMILES string of the molecule is CCCCCCCCCCCCCCc1nc(-c2ccccc2)nc2ccccc12. The highest BCUT2D eigenvalue weighted by Crippen LogP contribution is 2.23. The van der Waals surface area contributed by atoms with Crippen LogP contribution in [0.15, 0.2) is 54.6 Å². The molecule has 0 spiro atoms. The van der Waals surface area contributed by atoms with Crippen molar-refractivity contribution in [3.05, 3.63) is 60.3 Å². The second-order valence-corrected chi connectivity index (χ2v) is 8.52. The second kappa shape index (κ2) is 13.2. The molecule has 1 aromatic heterocycles. The molecule has 2 aromatic carbocycles. The van der Waals surface area contributed by atoms with Gasteiger partial charge in [0.05, 0.1) is 11.2 Å². The van der Waals surface area contributed by atoms with Gasteiger partial charge in [0.2, 0.25) is 0 Å². The van der Waals surface area contributed by atoms with Crippen molar-refractivity contribution in [3.8, 4) is 11.4 Å².